The second-order valence-electron chi connectivity index (χ2n) is 9.51. The molecule has 6 rings (SSSR count). The van der Waals surface area contributed by atoms with Crippen molar-refractivity contribution in [1.29, 1.82) is 0 Å². The fourth-order valence-electron chi connectivity index (χ4n) is 5.13. The molecule has 9 nitrogen and oxygen atoms in total. The van der Waals surface area contributed by atoms with Gasteiger partial charge in [0.05, 0.1) is 17.8 Å². The average molecular weight is 539 g/mol. The van der Waals surface area contributed by atoms with E-state index >= 15 is 0 Å². The quantitative estimate of drug-likeness (QED) is 0.336. The van der Waals surface area contributed by atoms with E-state index in [-0.39, 0.29) is 17.2 Å². The van der Waals surface area contributed by atoms with Gasteiger partial charge in [-0.05, 0) is 56.1 Å². The maximum Gasteiger partial charge on any atom is 0.263 e. The number of pyridine rings is 1. The van der Waals surface area contributed by atoms with Crippen LogP contribution >= 0.6 is 22.9 Å². The first-order valence-electron chi connectivity index (χ1n) is 12.3. The van der Waals surface area contributed by atoms with E-state index in [2.05, 4.69) is 25.5 Å². The Balaban J connectivity index is 1.33. The summed E-state index contributed by atoms with van der Waals surface area (Å²) in [5.41, 5.74) is 2.48. The number of aromatic nitrogens is 3. The number of methoxy groups -OCH3 is 1. The number of amides is 1. The molecule has 192 valence electrons. The van der Waals surface area contributed by atoms with Gasteiger partial charge in [0.25, 0.3) is 5.91 Å². The highest BCUT2D eigenvalue weighted by atomic mass is 35.5. The third-order valence-corrected chi connectivity index (χ3v) is 8.23. The minimum Gasteiger partial charge on any atom is -0.420 e. The van der Waals surface area contributed by atoms with E-state index in [1.54, 1.807) is 13.3 Å². The van der Waals surface area contributed by atoms with Crippen LogP contribution in [0.15, 0.2) is 30.5 Å². The standard InChI is InChI=1S/C26H27ClN6O3S/c1-14-10-28-22-21-17-5-8-20(31-18(17)6-7-19(21)37-23(22)24(34)30-14)36-25-15(11-29-26(27)32-25)12-33-9-3-4-16(33)13-35-2/h5-8,11,14,16,28H,3-4,9-10,12-13H2,1-2H3,(H,30,34)/t14-,16?/m0/s1. The largest absolute Gasteiger partial charge is 0.420 e. The van der Waals surface area contributed by atoms with Crippen molar-refractivity contribution in [3.05, 3.63) is 46.2 Å². The van der Waals surface area contributed by atoms with Crippen LogP contribution in [0.25, 0.3) is 21.0 Å². The van der Waals surface area contributed by atoms with Crippen molar-refractivity contribution in [3.63, 3.8) is 0 Å². The fourth-order valence-corrected chi connectivity index (χ4v) is 6.36. The summed E-state index contributed by atoms with van der Waals surface area (Å²) in [6.07, 6.45) is 3.94. The predicted molar refractivity (Wildman–Crippen MR) is 145 cm³/mol. The number of hydrogen-bond acceptors (Lipinski definition) is 9. The van der Waals surface area contributed by atoms with Gasteiger partial charge in [-0.2, -0.15) is 4.98 Å². The first kappa shape index (κ1) is 24.3. The van der Waals surface area contributed by atoms with E-state index in [4.69, 9.17) is 26.1 Å². The number of hydrogen-bond donors (Lipinski definition) is 2. The Morgan fingerprint density at radius 1 is 1.24 bits per heavy atom. The number of halogens is 1. The third-order valence-electron chi connectivity index (χ3n) is 6.89. The molecule has 0 saturated carbocycles. The zero-order chi connectivity index (χ0) is 25.5. The summed E-state index contributed by atoms with van der Waals surface area (Å²) in [6, 6.07) is 8.17. The summed E-state index contributed by atoms with van der Waals surface area (Å²) < 4.78 is 12.6. The molecule has 37 heavy (non-hydrogen) atoms. The number of fused-ring (bicyclic) bond motifs is 5. The van der Waals surface area contributed by atoms with E-state index in [1.807, 2.05) is 31.2 Å². The lowest BCUT2D eigenvalue weighted by Gasteiger charge is -2.24. The van der Waals surface area contributed by atoms with Gasteiger partial charge in [-0.1, -0.05) is 0 Å². The molecule has 0 radical (unpaired) electrons. The molecule has 11 heteroatoms. The Morgan fingerprint density at radius 3 is 3.00 bits per heavy atom. The first-order chi connectivity index (χ1) is 18.0. The maximum atomic E-state index is 12.7. The molecule has 2 aliphatic rings. The zero-order valence-electron chi connectivity index (χ0n) is 20.6. The van der Waals surface area contributed by atoms with Gasteiger partial charge >= 0.3 is 0 Å². The smallest absolute Gasteiger partial charge is 0.263 e. The third kappa shape index (κ3) is 4.70. The lowest BCUT2D eigenvalue weighted by molar-refractivity contribution is 0.0949. The molecule has 0 aliphatic carbocycles. The van der Waals surface area contributed by atoms with Gasteiger partial charge in [-0.15, -0.1) is 11.3 Å². The second kappa shape index (κ2) is 10.0. The molecule has 3 aromatic heterocycles. The number of likely N-dealkylation sites (tertiary alicyclic amines) is 1. The number of thiophene rings is 1. The minimum atomic E-state index is -0.0475. The Morgan fingerprint density at radius 2 is 2.14 bits per heavy atom. The van der Waals surface area contributed by atoms with Crippen molar-refractivity contribution in [2.75, 3.05) is 32.1 Å². The minimum absolute atomic E-state index is 0.0475. The summed E-state index contributed by atoms with van der Waals surface area (Å²) in [5.74, 6) is 0.764. The number of rotatable bonds is 6. The molecule has 5 heterocycles. The molecule has 2 atom stereocenters. The van der Waals surface area contributed by atoms with Crippen molar-refractivity contribution >= 4 is 55.5 Å². The zero-order valence-corrected chi connectivity index (χ0v) is 22.2. The second-order valence-corrected chi connectivity index (χ2v) is 10.9. The van der Waals surface area contributed by atoms with Crippen LogP contribution in [0.3, 0.4) is 0 Å². The summed E-state index contributed by atoms with van der Waals surface area (Å²) in [6.45, 7) is 4.96. The summed E-state index contributed by atoms with van der Waals surface area (Å²) in [7, 11) is 1.73. The van der Waals surface area contributed by atoms with Crippen molar-refractivity contribution in [2.24, 2.45) is 0 Å². The number of ether oxygens (including phenoxy) is 2. The Kier molecular flexibility index (Phi) is 6.58. The van der Waals surface area contributed by atoms with Gasteiger partial charge in [0.1, 0.15) is 4.88 Å². The van der Waals surface area contributed by atoms with Crippen LogP contribution in [0.5, 0.6) is 11.8 Å². The predicted octanol–water partition coefficient (Wildman–Crippen LogP) is 4.84. The highest BCUT2D eigenvalue weighted by Gasteiger charge is 2.27. The highest BCUT2D eigenvalue weighted by Crippen LogP contribution is 2.41. The maximum absolute atomic E-state index is 12.7. The summed E-state index contributed by atoms with van der Waals surface area (Å²) in [4.78, 5) is 29.1. The van der Waals surface area contributed by atoms with E-state index in [0.29, 0.717) is 42.4 Å². The molecule has 1 fully saturated rings. The molecule has 1 aromatic carbocycles. The van der Waals surface area contributed by atoms with Crippen LogP contribution in [-0.2, 0) is 11.3 Å². The van der Waals surface area contributed by atoms with Gasteiger partial charge in [-0.3, -0.25) is 9.69 Å². The van der Waals surface area contributed by atoms with Crippen molar-refractivity contribution < 1.29 is 14.3 Å². The Hall–Kier alpha value is -3.05. The van der Waals surface area contributed by atoms with Crippen LogP contribution in [0.4, 0.5) is 5.69 Å². The number of anilines is 1. The van der Waals surface area contributed by atoms with Crippen molar-refractivity contribution in [2.45, 2.75) is 38.4 Å². The van der Waals surface area contributed by atoms with Crippen LogP contribution in [0, 0.1) is 0 Å². The molecular formula is C26H27ClN6O3S. The monoisotopic (exact) mass is 538 g/mol. The van der Waals surface area contributed by atoms with Crippen LogP contribution in [0.2, 0.25) is 5.28 Å². The van der Waals surface area contributed by atoms with Gasteiger partial charge in [0, 0.05) is 65.6 Å². The van der Waals surface area contributed by atoms with E-state index < -0.39 is 0 Å². The topological polar surface area (TPSA) is 102 Å². The SMILES string of the molecule is COCC1CCCN1Cc1cnc(Cl)nc1Oc1ccc2c(ccc3sc4c(c32)NC[C@H](C)NC4=O)n1. The van der Waals surface area contributed by atoms with Gasteiger partial charge < -0.3 is 20.1 Å². The van der Waals surface area contributed by atoms with Crippen LogP contribution in [0.1, 0.15) is 35.0 Å². The van der Waals surface area contributed by atoms with Gasteiger partial charge in [0.2, 0.25) is 17.0 Å². The lowest BCUT2D eigenvalue weighted by Crippen LogP contribution is -2.34. The number of carbonyl (C=O) groups is 1. The van der Waals surface area contributed by atoms with Crippen LogP contribution < -0.4 is 15.4 Å². The average Bonchev–Trinajstić information content (AvgIpc) is 3.45. The first-order valence-corrected chi connectivity index (χ1v) is 13.5. The van der Waals surface area contributed by atoms with Crippen LogP contribution in [-0.4, -0.2) is 64.6 Å². The molecule has 0 bridgehead atoms. The number of carbonyl (C=O) groups excluding carboxylic acids is 1. The van der Waals surface area contributed by atoms with Gasteiger partial charge in [0.15, 0.2) is 0 Å². The molecule has 2 N–H and O–H groups in total. The Bertz CT molecular complexity index is 1490. The molecule has 2 aliphatic heterocycles. The molecule has 4 aromatic rings. The number of benzene rings is 1. The Labute approximate surface area is 223 Å². The normalized spacial score (nSPS) is 20.0. The molecule has 1 unspecified atom stereocenters. The van der Waals surface area contributed by atoms with Crippen molar-refractivity contribution in [3.8, 4) is 11.8 Å². The van der Waals surface area contributed by atoms with E-state index in [0.717, 1.165) is 51.6 Å². The lowest BCUT2D eigenvalue weighted by atomic mass is 10.1. The summed E-state index contributed by atoms with van der Waals surface area (Å²) in [5, 5.41) is 8.57. The molecule has 0 spiro atoms. The fraction of sp³-hybridized carbons (Fsp3) is 0.385. The molecule has 1 amide bonds. The van der Waals surface area contributed by atoms with Crippen molar-refractivity contribution in [1.82, 2.24) is 25.2 Å². The molecule has 1 saturated heterocycles. The molecular weight excluding hydrogens is 512 g/mol. The van der Waals surface area contributed by atoms with E-state index in [1.165, 1.54) is 11.3 Å². The summed E-state index contributed by atoms with van der Waals surface area (Å²) >= 11 is 7.62. The number of nitrogens with zero attached hydrogens (tertiary/aromatic N) is 4. The van der Waals surface area contributed by atoms with Gasteiger partial charge in [-0.25, -0.2) is 9.97 Å². The van der Waals surface area contributed by atoms with E-state index in [9.17, 15) is 4.79 Å². The number of nitrogens with one attached hydrogen (secondary N) is 2. The highest BCUT2D eigenvalue weighted by molar-refractivity contribution is 7.21.